The Bertz CT molecular complexity index is 1020. The third kappa shape index (κ3) is 9.28. The summed E-state index contributed by atoms with van der Waals surface area (Å²) >= 11 is 0. The number of hydrogen-bond donors (Lipinski definition) is 0. The van der Waals surface area contributed by atoms with Crippen LogP contribution >= 0.6 is 0 Å². The molecule has 2 aromatic carbocycles. The van der Waals surface area contributed by atoms with E-state index < -0.39 is 0 Å². The maximum absolute atomic E-state index is 6.14. The van der Waals surface area contributed by atoms with Gasteiger partial charge in [-0.3, -0.25) is 0 Å². The molecule has 2 fully saturated rings. The summed E-state index contributed by atoms with van der Waals surface area (Å²) in [6, 6.07) is 16.3. The van der Waals surface area contributed by atoms with Gasteiger partial charge < -0.3 is 28.1 Å². The number of ether oxygens (including phenoxy) is 2. The highest BCUT2D eigenvalue weighted by atomic mass is 16.7. The van der Waals surface area contributed by atoms with E-state index in [-0.39, 0.29) is 36.6 Å². The van der Waals surface area contributed by atoms with Gasteiger partial charge in [0.05, 0.1) is 35.6 Å². The Balaban J connectivity index is 0.951. The lowest BCUT2D eigenvalue weighted by atomic mass is 9.79. The van der Waals surface area contributed by atoms with E-state index in [1.807, 2.05) is 48.5 Å². The van der Waals surface area contributed by atoms with Gasteiger partial charge in [0.25, 0.3) is 0 Å². The Morgan fingerprint density at radius 3 is 0.932 bits per heavy atom. The minimum absolute atomic E-state index is 0.324. The predicted molar refractivity (Wildman–Crippen MR) is 181 cm³/mol. The molecule has 44 heavy (non-hydrogen) atoms. The monoisotopic (exact) mass is 606 g/mol. The fourth-order valence-corrected chi connectivity index (χ4v) is 5.40. The largest absolute Gasteiger partial charge is 0.494 e. The zero-order chi connectivity index (χ0) is 31.8. The number of benzene rings is 2. The molecule has 0 unspecified atom stereocenters. The molecule has 2 aliphatic heterocycles. The van der Waals surface area contributed by atoms with Gasteiger partial charge in [0.2, 0.25) is 0 Å². The number of unbranched alkanes of at least 4 members (excludes halogenated alkanes) is 9. The van der Waals surface area contributed by atoms with Gasteiger partial charge in [-0.05, 0) is 103 Å². The first kappa shape index (κ1) is 34.9. The van der Waals surface area contributed by atoms with Crippen LogP contribution in [-0.2, 0) is 18.6 Å². The van der Waals surface area contributed by atoms with Crippen LogP contribution in [-0.4, -0.2) is 49.9 Å². The normalized spacial score (nSPS) is 19.8. The van der Waals surface area contributed by atoms with Crippen molar-refractivity contribution in [1.82, 2.24) is 0 Å². The molecule has 0 aliphatic carbocycles. The molecule has 0 N–H and O–H groups in total. The van der Waals surface area contributed by atoms with Gasteiger partial charge in [-0.15, -0.1) is 0 Å². The zero-order valence-corrected chi connectivity index (χ0v) is 28.7. The quantitative estimate of drug-likeness (QED) is 0.136. The second kappa shape index (κ2) is 15.1. The van der Waals surface area contributed by atoms with Gasteiger partial charge in [-0.2, -0.15) is 0 Å². The summed E-state index contributed by atoms with van der Waals surface area (Å²) < 4.78 is 36.5. The first-order valence-electron chi connectivity index (χ1n) is 17.0. The Labute approximate surface area is 268 Å². The third-order valence-electron chi connectivity index (χ3n) is 9.89. The van der Waals surface area contributed by atoms with Crippen molar-refractivity contribution in [3.63, 3.8) is 0 Å². The molecule has 2 aromatic rings. The van der Waals surface area contributed by atoms with E-state index in [4.69, 9.17) is 28.1 Å². The molecule has 8 heteroatoms. The number of rotatable bonds is 17. The van der Waals surface area contributed by atoms with Crippen LogP contribution in [0.15, 0.2) is 48.5 Å². The SMILES string of the molecule is CC1(C)OB(c2ccc(OCCCCCCCCCCCCOc3ccc(B4OC(C)(C)C(C)(C)O4)cc3)cc2)OC1(C)C. The van der Waals surface area contributed by atoms with E-state index >= 15 is 0 Å². The van der Waals surface area contributed by atoms with Crippen LogP contribution in [0.2, 0.25) is 0 Å². The molecule has 2 heterocycles. The third-order valence-corrected chi connectivity index (χ3v) is 9.89. The Morgan fingerprint density at radius 2 is 0.659 bits per heavy atom. The molecule has 0 saturated carbocycles. The summed E-state index contributed by atoms with van der Waals surface area (Å²) in [7, 11) is -0.653. The van der Waals surface area contributed by atoms with Crippen LogP contribution in [0.4, 0.5) is 0 Å². The lowest BCUT2D eigenvalue weighted by Gasteiger charge is -2.32. The fraction of sp³-hybridized carbons (Fsp3) is 0.667. The molecule has 0 radical (unpaired) electrons. The van der Waals surface area contributed by atoms with E-state index in [2.05, 4.69) is 55.4 Å². The van der Waals surface area contributed by atoms with Gasteiger partial charge in [-0.25, -0.2) is 0 Å². The summed E-state index contributed by atoms with van der Waals surface area (Å²) in [5.41, 5.74) is 0.770. The van der Waals surface area contributed by atoms with E-state index in [0.29, 0.717) is 0 Å². The molecule has 2 aliphatic rings. The van der Waals surface area contributed by atoms with Crippen molar-refractivity contribution in [2.45, 2.75) is 142 Å². The Kier molecular flexibility index (Phi) is 11.9. The number of hydrogen-bond acceptors (Lipinski definition) is 6. The Hall–Kier alpha value is -1.99. The van der Waals surface area contributed by atoms with Crippen LogP contribution in [0.25, 0.3) is 0 Å². The van der Waals surface area contributed by atoms with Crippen molar-refractivity contribution in [2.75, 3.05) is 13.2 Å². The standard InChI is InChI=1S/C36H56B2O6/c1-33(2)34(3,4)42-37(41-33)29-19-23-31(24-20-29)39-27-17-15-13-11-9-10-12-14-16-18-28-40-32-25-21-30(22-26-32)38-43-35(5,6)36(7,8)44-38/h19-26H,9-18,27-28H2,1-8H3. The van der Waals surface area contributed by atoms with E-state index in [0.717, 1.165) is 48.5 Å². The molecule has 0 atom stereocenters. The van der Waals surface area contributed by atoms with Crippen molar-refractivity contribution < 1.29 is 28.1 Å². The van der Waals surface area contributed by atoms with Crippen LogP contribution < -0.4 is 20.4 Å². The summed E-state index contributed by atoms with van der Waals surface area (Å²) in [5.74, 6) is 1.82. The van der Waals surface area contributed by atoms with Crippen LogP contribution in [0.1, 0.15) is 120 Å². The molecule has 242 valence electrons. The Morgan fingerprint density at radius 1 is 0.409 bits per heavy atom. The fourth-order valence-electron chi connectivity index (χ4n) is 5.40. The van der Waals surface area contributed by atoms with Crippen LogP contribution in [0, 0.1) is 0 Å². The summed E-state index contributed by atoms with van der Waals surface area (Å²) in [6.07, 6.45) is 12.5. The van der Waals surface area contributed by atoms with E-state index in [1.54, 1.807) is 0 Å². The smallest absolute Gasteiger partial charge is 0.494 e. The first-order valence-corrected chi connectivity index (χ1v) is 17.0. The average molecular weight is 606 g/mol. The van der Waals surface area contributed by atoms with Crippen LogP contribution in [0.3, 0.4) is 0 Å². The second-order valence-electron chi connectivity index (χ2n) is 14.5. The van der Waals surface area contributed by atoms with Crippen molar-refractivity contribution in [2.24, 2.45) is 0 Å². The predicted octanol–water partition coefficient (Wildman–Crippen LogP) is 7.64. The minimum Gasteiger partial charge on any atom is -0.494 e. The molecule has 2 saturated heterocycles. The minimum atomic E-state index is -0.327. The molecule has 0 aromatic heterocycles. The summed E-state index contributed by atoms with van der Waals surface area (Å²) in [5, 5.41) is 0. The van der Waals surface area contributed by atoms with Crippen molar-refractivity contribution in [1.29, 1.82) is 0 Å². The van der Waals surface area contributed by atoms with E-state index in [9.17, 15) is 0 Å². The molecular weight excluding hydrogens is 550 g/mol. The first-order chi connectivity index (χ1) is 20.8. The van der Waals surface area contributed by atoms with E-state index in [1.165, 1.54) is 51.4 Å². The zero-order valence-electron chi connectivity index (χ0n) is 28.7. The highest BCUT2D eigenvalue weighted by Crippen LogP contribution is 2.37. The second-order valence-corrected chi connectivity index (χ2v) is 14.5. The van der Waals surface area contributed by atoms with Gasteiger partial charge in [0.1, 0.15) is 11.5 Å². The van der Waals surface area contributed by atoms with Gasteiger partial charge in [-0.1, -0.05) is 75.6 Å². The maximum Gasteiger partial charge on any atom is 0.494 e. The topological polar surface area (TPSA) is 55.4 Å². The lowest BCUT2D eigenvalue weighted by Crippen LogP contribution is -2.41. The van der Waals surface area contributed by atoms with Gasteiger partial charge in [0, 0.05) is 0 Å². The maximum atomic E-state index is 6.14. The summed E-state index contributed by atoms with van der Waals surface area (Å²) in [6.45, 7) is 18.2. The van der Waals surface area contributed by atoms with Crippen molar-refractivity contribution in [3.05, 3.63) is 48.5 Å². The van der Waals surface area contributed by atoms with Gasteiger partial charge >= 0.3 is 14.2 Å². The molecule has 0 spiro atoms. The molecule has 0 bridgehead atoms. The highest BCUT2D eigenvalue weighted by molar-refractivity contribution is 6.62. The molecule has 4 rings (SSSR count). The molecule has 0 amide bonds. The van der Waals surface area contributed by atoms with Crippen molar-refractivity contribution >= 4 is 25.2 Å². The molecular formula is C36H56B2O6. The van der Waals surface area contributed by atoms with Crippen LogP contribution in [0.5, 0.6) is 11.5 Å². The average Bonchev–Trinajstić information content (AvgIpc) is 3.33. The van der Waals surface area contributed by atoms with Gasteiger partial charge in [0.15, 0.2) is 0 Å². The summed E-state index contributed by atoms with van der Waals surface area (Å²) in [4.78, 5) is 0. The lowest BCUT2D eigenvalue weighted by molar-refractivity contribution is 0.00578. The highest BCUT2D eigenvalue weighted by Gasteiger charge is 2.52. The molecule has 6 nitrogen and oxygen atoms in total. The van der Waals surface area contributed by atoms with Crippen molar-refractivity contribution in [3.8, 4) is 11.5 Å².